The molecule has 1 saturated heterocycles. The van der Waals surface area contributed by atoms with E-state index < -0.39 is 0 Å². The highest BCUT2D eigenvalue weighted by Gasteiger charge is 2.23. The highest BCUT2D eigenvalue weighted by molar-refractivity contribution is 5.83. The van der Waals surface area contributed by atoms with Crippen molar-refractivity contribution in [1.29, 1.82) is 0 Å². The highest BCUT2D eigenvalue weighted by Crippen LogP contribution is 2.23. The minimum Gasteiger partial charge on any atom is -0.382 e. The molecule has 0 spiro atoms. The SMILES string of the molecule is CCOCCCN1CCC(n2nc(Cc3ccc(F)cc3)c3ccccc3c2=O)CC1. The van der Waals surface area contributed by atoms with Crippen LogP contribution in [-0.4, -0.2) is 47.5 Å². The molecule has 0 unspecified atom stereocenters. The first-order chi connectivity index (χ1) is 15.2. The molecule has 1 aromatic heterocycles. The largest absolute Gasteiger partial charge is 0.382 e. The zero-order chi connectivity index (χ0) is 21.6. The maximum absolute atomic E-state index is 13.3. The van der Waals surface area contributed by atoms with Crippen LogP contribution in [0.15, 0.2) is 53.3 Å². The number of hydrogen-bond donors (Lipinski definition) is 0. The van der Waals surface area contributed by atoms with Crippen molar-refractivity contribution < 1.29 is 9.13 Å². The van der Waals surface area contributed by atoms with Crippen molar-refractivity contribution in [2.24, 2.45) is 0 Å². The molecule has 1 aliphatic rings. The van der Waals surface area contributed by atoms with Crippen molar-refractivity contribution in [1.82, 2.24) is 14.7 Å². The Morgan fingerprint density at radius 2 is 1.77 bits per heavy atom. The Hall–Kier alpha value is -2.57. The Morgan fingerprint density at radius 1 is 1.06 bits per heavy atom. The number of hydrogen-bond acceptors (Lipinski definition) is 4. The molecule has 2 heterocycles. The van der Waals surface area contributed by atoms with E-state index in [-0.39, 0.29) is 17.4 Å². The Labute approximate surface area is 182 Å². The lowest BCUT2D eigenvalue weighted by molar-refractivity contribution is 0.119. The van der Waals surface area contributed by atoms with Crippen LogP contribution in [0.5, 0.6) is 0 Å². The van der Waals surface area contributed by atoms with Crippen LogP contribution >= 0.6 is 0 Å². The summed E-state index contributed by atoms with van der Waals surface area (Å²) in [4.78, 5) is 15.7. The fourth-order valence-electron chi connectivity index (χ4n) is 4.37. The molecule has 2 aromatic carbocycles. The molecule has 0 aliphatic carbocycles. The lowest BCUT2D eigenvalue weighted by Gasteiger charge is -2.32. The van der Waals surface area contributed by atoms with Crippen LogP contribution in [0.3, 0.4) is 0 Å². The van der Waals surface area contributed by atoms with E-state index in [1.54, 1.807) is 16.8 Å². The standard InChI is InChI=1S/C25H30FN3O2/c1-2-31-17-5-14-28-15-12-21(13-16-28)29-25(30)23-7-4-3-6-22(23)24(27-29)18-19-8-10-20(26)11-9-19/h3-4,6-11,21H,2,5,12-18H2,1H3. The van der Waals surface area contributed by atoms with Gasteiger partial charge in [-0.15, -0.1) is 0 Å². The van der Waals surface area contributed by atoms with E-state index in [9.17, 15) is 9.18 Å². The van der Waals surface area contributed by atoms with Crippen molar-refractivity contribution in [2.75, 3.05) is 32.8 Å². The van der Waals surface area contributed by atoms with Gasteiger partial charge in [-0.25, -0.2) is 9.07 Å². The van der Waals surface area contributed by atoms with Crippen LogP contribution in [0.25, 0.3) is 10.8 Å². The van der Waals surface area contributed by atoms with Gasteiger partial charge in [0.2, 0.25) is 0 Å². The van der Waals surface area contributed by atoms with Crippen molar-refractivity contribution >= 4 is 10.8 Å². The first-order valence-electron chi connectivity index (χ1n) is 11.2. The second-order valence-corrected chi connectivity index (χ2v) is 8.17. The third-order valence-electron chi connectivity index (χ3n) is 6.06. The third-order valence-corrected chi connectivity index (χ3v) is 6.06. The van der Waals surface area contributed by atoms with Crippen molar-refractivity contribution in [3.63, 3.8) is 0 Å². The van der Waals surface area contributed by atoms with E-state index in [0.29, 0.717) is 11.8 Å². The van der Waals surface area contributed by atoms with Crippen LogP contribution in [0, 0.1) is 5.82 Å². The average Bonchev–Trinajstić information content (AvgIpc) is 2.81. The van der Waals surface area contributed by atoms with E-state index in [0.717, 1.165) is 68.8 Å². The normalized spacial score (nSPS) is 15.5. The van der Waals surface area contributed by atoms with Gasteiger partial charge in [-0.3, -0.25) is 4.79 Å². The van der Waals surface area contributed by atoms with Gasteiger partial charge in [0.25, 0.3) is 5.56 Å². The summed E-state index contributed by atoms with van der Waals surface area (Å²) in [5.41, 5.74) is 1.82. The Balaban J connectivity index is 1.55. The van der Waals surface area contributed by atoms with Gasteiger partial charge in [0.15, 0.2) is 0 Å². The number of piperidine rings is 1. The average molecular weight is 424 g/mol. The molecule has 0 atom stereocenters. The molecule has 6 heteroatoms. The van der Waals surface area contributed by atoms with Crippen LogP contribution in [0.4, 0.5) is 4.39 Å². The van der Waals surface area contributed by atoms with Gasteiger partial charge in [0.05, 0.1) is 17.1 Å². The van der Waals surface area contributed by atoms with Gasteiger partial charge >= 0.3 is 0 Å². The number of fused-ring (bicyclic) bond motifs is 1. The molecule has 0 N–H and O–H groups in total. The lowest BCUT2D eigenvalue weighted by Crippen LogP contribution is -2.39. The molecule has 5 nitrogen and oxygen atoms in total. The van der Waals surface area contributed by atoms with E-state index in [2.05, 4.69) is 4.90 Å². The topological polar surface area (TPSA) is 47.4 Å². The second-order valence-electron chi connectivity index (χ2n) is 8.17. The van der Waals surface area contributed by atoms with Gasteiger partial charge < -0.3 is 9.64 Å². The maximum atomic E-state index is 13.3. The molecule has 0 bridgehead atoms. The number of halogens is 1. The zero-order valence-corrected chi connectivity index (χ0v) is 18.1. The number of rotatable bonds is 8. The number of nitrogens with zero attached hydrogens (tertiary/aromatic N) is 3. The van der Waals surface area contributed by atoms with Crippen LogP contribution in [-0.2, 0) is 11.2 Å². The monoisotopic (exact) mass is 423 g/mol. The Bertz CT molecular complexity index is 1060. The van der Waals surface area contributed by atoms with Gasteiger partial charge in [0, 0.05) is 44.7 Å². The molecule has 164 valence electrons. The van der Waals surface area contributed by atoms with E-state index >= 15 is 0 Å². The highest BCUT2D eigenvalue weighted by atomic mass is 19.1. The van der Waals surface area contributed by atoms with E-state index in [4.69, 9.17) is 9.84 Å². The molecular formula is C25H30FN3O2. The van der Waals surface area contributed by atoms with Crippen LogP contribution in [0.1, 0.15) is 43.5 Å². The predicted octanol–water partition coefficient (Wildman–Crippen LogP) is 4.19. The quantitative estimate of drug-likeness (QED) is 0.510. The van der Waals surface area contributed by atoms with Gasteiger partial charge in [-0.1, -0.05) is 30.3 Å². The molecular weight excluding hydrogens is 393 g/mol. The minimum atomic E-state index is -0.250. The zero-order valence-electron chi connectivity index (χ0n) is 18.1. The first-order valence-corrected chi connectivity index (χ1v) is 11.2. The summed E-state index contributed by atoms with van der Waals surface area (Å²) in [5, 5.41) is 6.40. The molecule has 3 aromatic rings. The molecule has 0 radical (unpaired) electrons. The third kappa shape index (κ3) is 5.20. The van der Waals surface area contributed by atoms with Crippen molar-refractivity contribution in [2.45, 2.75) is 38.6 Å². The van der Waals surface area contributed by atoms with Crippen molar-refractivity contribution in [3.8, 4) is 0 Å². The summed E-state index contributed by atoms with van der Waals surface area (Å²) < 4.78 is 20.5. The Kier molecular flexibility index (Phi) is 7.10. The van der Waals surface area contributed by atoms with Crippen LogP contribution in [0.2, 0.25) is 0 Å². The predicted molar refractivity (Wildman–Crippen MR) is 121 cm³/mol. The first kappa shape index (κ1) is 21.7. The number of likely N-dealkylation sites (tertiary alicyclic amines) is 1. The summed E-state index contributed by atoms with van der Waals surface area (Å²) in [5.74, 6) is -0.250. The molecule has 4 rings (SSSR count). The number of benzene rings is 2. The number of ether oxygens (including phenoxy) is 1. The van der Waals surface area contributed by atoms with Gasteiger partial charge in [-0.05, 0) is 49.9 Å². The fourth-order valence-corrected chi connectivity index (χ4v) is 4.37. The van der Waals surface area contributed by atoms with E-state index in [1.165, 1.54) is 12.1 Å². The summed E-state index contributed by atoms with van der Waals surface area (Å²) in [6, 6.07) is 14.3. The van der Waals surface area contributed by atoms with E-state index in [1.807, 2.05) is 31.2 Å². The van der Waals surface area contributed by atoms with Crippen molar-refractivity contribution in [3.05, 3.63) is 76.0 Å². The lowest BCUT2D eigenvalue weighted by atomic mass is 10.0. The van der Waals surface area contributed by atoms with Gasteiger partial charge in [-0.2, -0.15) is 5.10 Å². The number of aromatic nitrogens is 2. The summed E-state index contributed by atoms with van der Waals surface area (Å²) in [6.07, 6.45) is 3.43. The summed E-state index contributed by atoms with van der Waals surface area (Å²) in [7, 11) is 0. The summed E-state index contributed by atoms with van der Waals surface area (Å²) in [6.45, 7) is 6.54. The molecule has 1 fully saturated rings. The maximum Gasteiger partial charge on any atom is 0.274 e. The Morgan fingerprint density at radius 3 is 2.48 bits per heavy atom. The summed E-state index contributed by atoms with van der Waals surface area (Å²) >= 11 is 0. The smallest absolute Gasteiger partial charge is 0.274 e. The molecule has 1 aliphatic heterocycles. The molecule has 0 amide bonds. The molecule has 0 saturated carbocycles. The fraction of sp³-hybridized carbons (Fsp3) is 0.440. The van der Waals surface area contributed by atoms with Gasteiger partial charge in [0.1, 0.15) is 5.82 Å². The van der Waals surface area contributed by atoms with Crippen LogP contribution < -0.4 is 5.56 Å². The minimum absolute atomic E-state index is 0.0201. The molecule has 31 heavy (non-hydrogen) atoms. The second kappa shape index (κ2) is 10.2.